The van der Waals surface area contributed by atoms with E-state index in [-0.39, 0.29) is 5.91 Å². The number of nitrogens with one attached hydrogen (secondary N) is 1. The van der Waals surface area contributed by atoms with Gasteiger partial charge in [0, 0.05) is 22.7 Å². The highest BCUT2D eigenvalue weighted by Crippen LogP contribution is 2.08. The Morgan fingerprint density at radius 2 is 2.05 bits per heavy atom. The molecule has 2 rings (SSSR count). The number of thiazole rings is 1. The molecule has 102 valence electrons. The summed E-state index contributed by atoms with van der Waals surface area (Å²) in [6.45, 7) is 0.449. The third-order valence-corrected chi connectivity index (χ3v) is 3.28. The zero-order chi connectivity index (χ0) is 14.4. The molecule has 0 unspecified atom stereocenters. The Labute approximate surface area is 119 Å². The summed E-state index contributed by atoms with van der Waals surface area (Å²) < 4.78 is 0. The van der Waals surface area contributed by atoms with Gasteiger partial charge in [0.05, 0.1) is 12.1 Å². The minimum absolute atomic E-state index is 0.174. The van der Waals surface area contributed by atoms with E-state index in [4.69, 9.17) is 5.11 Å². The molecule has 0 radical (unpaired) electrons. The lowest BCUT2D eigenvalue weighted by Gasteiger charge is -2.03. The van der Waals surface area contributed by atoms with Gasteiger partial charge in [-0.3, -0.25) is 9.78 Å². The van der Waals surface area contributed by atoms with E-state index in [2.05, 4.69) is 10.3 Å². The van der Waals surface area contributed by atoms with E-state index in [9.17, 15) is 9.59 Å². The van der Waals surface area contributed by atoms with Gasteiger partial charge < -0.3 is 10.4 Å². The Morgan fingerprint density at radius 1 is 1.30 bits per heavy atom. The van der Waals surface area contributed by atoms with Gasteiger partial charge >= 0.3 is 5.97 Å². The fraction of sp³-hybridized carbons (Fsp3) is 0.0714. The lowest BCUT2D eigenvalue weighted by molar-refractivity contribution is -0.131. The normalized spacial score (nSPS) is 10.6. The van der Waals surface area contributed by atoms with E-state index in [0.717, 1.165) is 16.5 Å². The summed E-state index contributed by atoms with van der Waals surface area (Å²) in [5, 5.41) is 11.3. The second kappa shape index (κ2) is 6.63. The van der Waals surface area contributed by atoms with Crippen LogP contribution in [0.4, 0.5) is 0 Å². The van der Waals surface area contributed by atoms with Crippen LogP contribution < -0.4 is 5.32 Å². The summed E-state index contributed by atoms with van der Waals surface area (Å²) >= 11 is 1.48. The first-order valence-electron chi connectivity index (χ1n) is 5.82. The molecule has 0 spiro atoms. The van der Waals surface area contributed by atoms with Gasteiger partial charge in [-0.05, 0) is 23.8 Å². The number of carboxylic acids is 1. The van der Waals surface area contributed by atoms with Gasteiger partial charge in [0.2, 0.25) is 0 Å². The standard InChI is InChI=1S/C14H12N2O3S/c17-13(18)6-3-10-1-4-11(5-2-10)14(19)16-8-12-7-15-9-20-12/h1-7,9H,8H2,(H,16,19)(H,17,18)/b6-3+. The monoisotopic (exact) mass is 288 g/mol. The number of nitrogens with zero attached hydrogens (tertiary/aromatic N) is 1. The zero-order valence-corrected chi connectivity index (χ0v) is 11.3. The molecular formula is C14H12N2O3S. The third-order valence-electron chi connectivity index (χ3n) is 2.50. The molecule has 1 aromatic carbocycles. The highest BCUT2D eigenvalue weighted by atomic mass is 32.1. The minimum atomic E-state index is -1.00. The zero-order valence-electron chi connectivity index (χ0n) is 10.4. The van der Waals surface area contributed by atoms with E-state index in [1.807, 2.05) is 0 Å². The quantitative estimate of drug-likeness (QED) is 0.826. The molecule has 0 aliphatic rings. The molecule has 5 nitrogen and oxygen atoms in total. The number of aliphatic carboxylic acids is 1. The Kier molecular flexibility index (Phi) is 4.62. The van der Waals surface area contributed by atoms with E-state index in [1.54, 1.807) is 36.0 Å². The average molecular weight is 288 g/mol. The van der Waals surface area contributed by atoms with Gasteiger partial charge in [-0.15, -0.1) is 11.3 Å². The highest BCUT2D eigenvalue weighted by molar-refractivity contribution is 7.09. The van der Waals surface area contributed by atoms with E-state index < -0.39 is 5.97 Å². The van der Waals surface area contributed by atoms with Crippen LogP contribution >= 0.6 is 11.3 Å². The van der Waals surface area contributed by atoms with Crippen molar-refractivity contribution in [3.63, 3.8) is 0 Å². The summed E-state index contributed by atoms with van der Waals surface area (Å²) in [6.07, 6.45) is 4.24. The Balaban J connectivity index is 1.95. The number of hydrogen-bond donors (Lipinski definition) is 2. The van der Waals surface area contributed by atoms with Crippen molar-refractivity contribution in [3.8, 4) is 0 Å². The van der Waals surface area contributed by atoms with Crippen molar-refractivity contribution in [1.29, 1.82) is 0 Å². The second-order valence-corrected chi connectivity index (χ2v) is 4.91. The molecule has 0 saturated heterocycles. The van der Waals surface area contributed by atoms with Crippen LogP contribution in [0, 0.1) is 0 Å². The van der Waals surface area contributed by atoms with Gasteiger partial charge in [-0.2, -0.15) is 0 Å². The highest BCUT2D eigenvalue weighted by Gasteiger charge is 2.05. The maximum atomic E-state index is 11.9. The number of amides is 1. The maximum absolute atomic E-state index is 11.9. The summed E-state index contributed by atoms with van der Waals surface area (Å²) in [5.74, 6) is -1.18. The van der Waals surface area contributed by atoms with Crippen LogP contribution in [0.15, 0.2) is 42.0 Å². The van der Waals surface area contributed by atoms with Crippen LogP contribution in [0.5, 0.6) is 0 Å². The Bertz CT molecular complexity index is 618. The summed E-state index contributed by atoms with van der Waals surface area (Å²) in [4.78, 5) is 27.2. The van der Waals surface area contributed by atoms with Crippen molar-refractivity contribution in [2.75, 3.05) is 0 Å². The van der Waals surface area contributed by atoms with Gasteiger partial charge in [0.25, 0.3) is 5.91 Å². The molecule has 0 aliphatic heterocycles. The number of hydrogen-bond acceptors (Lipinski definition) is 4. The molecule has 0 aliphatic carbocycles. The van der Waals surface area contributed by atoms with Crippen LogP contribution in [0.3, 0.4) is 0 Å². The molecule has 2 aromatic rings. The van der Waals surface area contributed by atoms with Crippen LogP contribution in [-0.2, 0) is 11.3 Å². The first-order valence-corrected chi connectivity index (χ1v) is 6.70. The van der Waals surface area contributed by atoms with Crippen molar-refractivity contribution < 1.29 is 14.7 Å². The minimum Gasteiger partial charge on any atom is -0.478 e. The van der Waals surface area contributed by atoms with Gasteiger partial charge in [-0.1, -0.05) is 12.1 Å². The fourth-order valence-electron chi connectivity index (χ4n) is 1.51. The Morgan fingerprint density at radius 3 is 2.65 bits per heavy atom. The first-order chi connectivity index (χ1) is 9.65. The van der Waals surface area contributed by atoms with Crippen molar-refractivity contribution in [1.82, 2.24) is 10.3 Å². The number of aromatic nitrogens is 1. The van der Waals surface area contributed by atoms with Crippen molar-refractivity contribution in [3.05, 3.63) is 58.1 Å². The fourth-order valence-corrected chi connectivity index (χ4v) is 2.05. The molecule has 0 fully saturated rings. The predicted octanol–water partition coefficient (Wildman–Crippen LogP) is 2.17. The van der Waals surface area contributed by atoms with Gasteiger partial charge in [0.15, 0.2) is 0 Å². The van der Waals surface area contributed by atoms with Crippen LogP contribution in [0.1, 0.15) is 20.8 Å². The molecule has 1 heterocycles. The van der Waals surface area contributed by atoms with Crippen molar-refractivity contribution >= 4 is 29.3 Å². The molecule has 2 N–H and O–H groups in total. The number of benzene rings is 1. The van der Waals surface area contributed by atoms with E-state index in [0.29, 0.717) is 12.1 Å². The smallest absolute Gasteiger partial charge is 0.328 e. The largest absolute Gasteiger partial charge is 0.478 e. The second-order valence-electron chi connectivity index (χ2n) is 3.94. The average Bonchev–Trinajstić information content (AvgIpc) is 2.96. The van der Waals surface area contributed by atoms with Crippen LogP contribution in [-0.4, -0.2) is 22.0 Å². The number of carbonyl (C=O) groups excluding carboxylic acids is 1. The SMILES string of the molecule is O=C(O)/C=C/c1ccc(C(=O)NCc2cncs2)cc1. The van der Waals surface area contributed by atoms with Gasteiger partial charge in [-0.25, -0.2) is 4.79 Å². The number of rotatable bonds is 5. The van der Waals surface area contributed by atoms with Crippen LogP contribution in [0.2, 0.25) is 0 Å². The number of carboxylic acid groups (broad SMARTS) is 1. The predicted molar refractivity (Wildman–Crippen MR) is 76.4 cm³/mol. The van der Waals surface area contributed by atoms with Crippen molar-refractivity contribution in [2.24, 2.45) is 0 Å². The maximum Gasteiger partial charge on any atom is 0.328 e. The van der Waals surface area contributed by atoms with Crippen molar-refractivity contribution in [2.45, 2.75) is 6.54 Å². The summed E-state index contributed by atoms with van der Waals surface area (Å²) in [5.41, 5.74) is 2.97. The summed E-state index contributed by atoms with van der Waals surface area (Å²) in [6, 6.07) is 6.70. The van der Waals surface area contributed by atoms with Gasteiger partial charge in [0.1, 0.15) is 0 Å². The number of carbonyl (C=O) groups is 2. The Hall–Kier alpha value is -2.47. The molecule has 6 heteroatoms. The van der Waals surface area contributed by atoms with Crippen LogP contribution in [0.25, 0.3) is 6.08 Å². The molecular weight excluding hydrogens is 276 g/mol. The van der Waals surface area contributed by atoms with E-state index in [1.165, 1.54) is 17.4 Å². The van der Waals surface area contributed by atoms with E-state index >= 15 is 0 Å². The molecule has 0 bridgehead atoms. The third kappa shape index (κ3) is 4.03. The first kappa shape index (κ1) is 14.0. The molecule has 1 amide bonds. The lowest BCUT2D eigenvalue weighted by atomic mass is 10.1. The molecule has 1 aromatic heterocycles. The summed E-state index contributed by atoms with van der Waals surface area (Å²) in [7, 11) is 0. The lowest BCUT2D eigenvalue weighted by Crippen LogP contribution is -2.22. The molecule has 20 heavy (non-hydrogen) atoms. The molecule has 0 saturated carbocycles. The topological polar surface area (TPSA) is 79.3 Å². The molecule has 0 atom stereocenters.